The Labute approximate surface area is 164 Å². The molecule has 8 heteroatoms. The molecule has 0 amide bonds. The van der Waals surface area contributed by atoms with Crippen LogP contribution in [0.15, 0.2) is 51.5 Å². The second-order valence-electron chi connectivity index (χ2n) is 5.03. The Kier molecular flexibility index (Phi) is 7.56. The SMILES string of the molecule is CCc1cc(N=Nc2ccc(S(=O)(=O)[O-])cc2)c(CC)cc1N.[Na+]. The van der Waals surface area contributed by atoms with Gasteiger partial charge in [-0.15, -0.1) is 0 Å². The van der Waals surface area contributed by atoms with Crippen molar-refractivity contribution in [2.24, 2.45) is 10.2 Å². The summed E-state index contributed by atoms with van der Waals surface area (Å²) in [4.78, 5) is -0.286. The number of nitrogen functional groups attached to an aromatic ring is 1. The molecule has 0 saturated heterocycles. The van der Waals surface area contributed by atoms with Gasteiger partial charge in [0.1, 0.15) is 10.1 Å². The van der Waals surface area contributed by atoms with Crippen molar-refractivity contribution in [1.82, 2.24) is 0 Å². The maximum absolute atomic E-state index is 10.9. The molecule has 0 aromatic heterocycles. The molecule has 6 nitrogen and oxygen atoms in total. The molecule has 2 N–H and O–H groups in total. The molecular weight excluding hydrogens is 337 g/mol. The van der Waals surface area contributed by atoms with Gasteiger partial charge < -0.3 is 10.3 Å². The van der Waals surface area contributed by atoms with E-state index >= 15 is 0 Å². The van der Waals surface area contributed by atoms with E-state index in [2.05, 4.69) is 10.2 Å². The van der Waals surface area contributed by atoms with Gasteiger partial charge in [0.25, 0.3) is 0 Å². The van der Waals surface area contributed by atoms with Gasteiger partial charge in [0.15, 0.2) is 0 Å². The predicted molar refractivity (Wildman–Crippen MR) is 88.2 cm³/mol. The Balaban J connectivity index is 0.00000288. The maximum atomic E-state index is 10.9. The summed E-state index contributed by atoms with van der Waals surface area (Å²) in [5.41, 5.74) is 9.92. The van der Waals surface area contributed by atoms with Gasteiger partial charge >= 0.3 is 29.6 Å². The monoisotopic (exact) mass is 355 g/mol. The molecule has 0 aliphatic heterocycles. The number of hydrogen-bond acceptors (Lipinski definition) is 6. The van der Waals surface area contributed by atoms with Crippen molar-refractivity contribution in [3.05, 3.63) is 47.5 Å². The van der Waals surface area contributed by atoms with Gasteiger partial charge in [0, 0.05) is 5.69 Å². The van der Waals surface area contributed by atoms with Crippen LogP contribution in [-0.2, 0) is 23.0 Å². The second-order valence-corrected chi connectivity index (χ2v) is 6.41. The van der Waals surface area contributed by atoms with Crippen molar-refractivity contribution in [1.29, 1.82) is 0 Å². The van der Waals surface area contributed by atoms with Crippen LogP contribution >= 0.6 is 0 Å². The Bertz CT molecular complexity index is 834. The topological polar surface area (TPSA) is 108 Å². The summed E-state index contributed by atoms with van der Waals surface area (Å²) in [5.74, 6) is 0. The van der Waals surface area contributed by atoms with Gasteiger partial charge in [-0.1, -0.05) is 13.8 Å². The van der Waals surface area contributed by atoms with Crippen LogP contribution in [0.2, 0.25) is 0 Å². The largest absolute Gasteiger partial charge is 1.00 e. The van der Waals surface area contributed by atoms with E-state index in [1.807, 2.05) is 26.0 Å². The fourth-order valence-corrected chi connectivity index (χ4v) is 2.64. The van der Waals surface area contributed by atoms with Crippen LogP contribution < -0.4 is 35.3 Å². The summed E-state index contributed by atoms with van der Waals surface area (Å²) in [6, 6.07) is 9.14. The third-order valence-electron chi connectivity index (χ3n) is 3.50. The fraction of sp³-hybridized carbons (Fsp3) is 0.250. The van der Waals surface area contributed by atoms with E-state index < -0.39 is 10.1 Å². The molecule has 2 rings (SSSR count). The van der Waals surface area contributed by atoms with Crippen LogP contribution in [0.1, 0.15) is 25.0 Å². The molecule has 0 spiro atoms. The zero-order chi connectivity index (χ0) is 17.0. The molecule has 0 unspecified atom stereocenters. The van der Waals surface area contributed by atoms with Crippen molar-refractivity contribution in [3.8, 4) is 0 Å². The van der Waals surface area contributed by atoms with Gasteiger partial charge in [0.05, 0.1) is 16.3 Å². The first-order chi connectivity index (χ1) is 10.8. The first-order valence-electron chi connectivity index (χ1n) is 7.24. The Hall–Kier alpha value is -1.25. The van der Waals surface area contributed by atoms with Crippen LogP contribution in [0.25, 0.3) is 0 Å². The molecule has 0 fully saturated rings. The van der Waals surface area contributed by atoms with E-state index in [-0.39, 0.29) is 34.5 Å². The van der Waals surface area contributed by atoms with Crippen LogP contribution in [0.5, 0.6) is 0 Å². The molecule has 2 aromatic rings. The molecule has 24 heavy (non-hydrogen) atoms. The average Bonchev–Trinajstić information content (AvgIpc) is 2.52. The first kappa shape index (κ1) is 20.8. The molecule has 0 heterocycles. The molecule has 0 radical (unpaired) electrons. The standard InChI is InChI=1S/C16H19N3O3S.Na/c1-3-11-10-16(12(4-2)9-15(11)17)19-18-13-5-7-14(8-6-13)23(20,21)22;/h5-10H,3-4,17H2,1-2H3,(H,20,21,22);/q;+1/p-1. The van der Waals surface area contributed by atoms with Crippen LogP contribution in [0.4, 0.5) is 17.1 Å². The summed E-state index contributed by atoms with van der Waals surface area (Å²) < 4.78 is 32.7. The van der Waals surface area contributed by atoms with Gasteiger partial charge in [0.2, 0.25) is 0 Å². The van der Waals surface area contributed by atoms with E-state index in [1.54, 1.807) is 0 Å². The summed E-state index contributed by atoms with van der Waals surface area (Å²) >= 11 is 0. The third-order valence-corrected chi connectivity index (χ3v) is 4.35. The molecule has 122 valence electrons. The van der Waals surface area contributed by atoms with Crippen molar-refractivity contribution >= 4 is 27.2 Å². The number of benzene rings is 2. The van der Waals surface area contributed by atoms with E-state index in [1.165, 1.54) is 24.3 Å². The number of nitrogens with two attached hydrogens (primary N) is 1. The van der Waals surface area contributed by atoms with Gasteiger partial charge in [-0.3, -0.25) is 0 Å². The minimum atomic E-state index is -4.45. The van der Waals surface area contributed by atoms with Crippen molar-refractivity contribution < 1.29 is 42.5 Å². The molecule has 0 aliphatic rings. The van der Waals surface area contributed by atoms with Crippen molar-refractivity contribution in [2.45, 2.75) is 31.6 Å². The van der Waals surface area contributed by atoms with E-state index in [4.69, 9.17) is 5.73 Å². The molecule has 0 saturated carbocycles. The molecule has 0 atom stereocenters. The minimum absolute atomic E-state index is 0. The minimum Gasteiger partial charge on any atom is -0.744 e. The summed E-state index contributed by atoms with van der Waals surface area (Å²) in [6.45, 7) is 4.02. The van der Waals surface area contributed by atoms with Crippen LogP contribution in [-0.4, -0.2) is 13.0 Å². The quantitative estimate of drug-likeness (QED) is 0.369. The fourth-order valence-electron chi connectivity index (χ4n) is 2.17. The molecule has 0 aliphatic carbocycles. The summed E-state index contributed by atoms with van der Waals surface area (Å²) in [7, 11) is -4.45. The smallest absolute Gasteiger partial charge is 0.744 e. The number of rotatable bonds is 5. The number of aryl methyl sites for hydroxylation is 2. The van der Waals surface area contributed by atoms with Gasteiger partial charge in [-0.25, -0.2) is 8.42 Å². The average molecular weight is 355 g/mol. The number of azo groups is 1. The van der Waals surface area contributed by atoms with Gasteiger partial charge in [-0.05, 0) is 60.4 Å². The zero-order valence-corrected chi connectivity index (χ0v) is 16.8. The summed E-state index contributed by atoms with van der Waals surface area (Å²) in [5, 5.41) is 8.33. The molecular formula is C16H18N3NaO3S. The number of hydrogen-bond donors (Lipinski definition) is 1. The van der Waals surface area contributed by atoms with E-state index in [0.29, 0.717) is 5.69 Å². The number of nitrogens with zero attached hydrogens (tertiary/aromatic N) is 2. The maximum Gasteiger partial charge on any atom is 1.00 e. The van der Waals surface area contributed by atoms with E-state index in [9.17, 15) is 13.0 Å². The normalized spacial score (nSPS) is 11.5. The second kappa shape index (κ2) is 8.73. The van der Waals surface area contributed by atoms with Crippen molar-refractivity contribution in [2.75, 3.05) is 5.73 Å². The van der Waals surface area contributed by atoms with Gasteiger partial charge in [-0.2, -0.15) is 10.2 Å². The van der Waals surface area contributed by atoms with Crippen LogP contribution in [0, 0.1) is 0 Å². The predicted octanol–water partition coefficient (Wildman–Crippen LogP) is 0.717. The van der Waals surface area contributed by atoms with Crippen LogP contribution in [0.3, 0.4) is 0 Å². The van der Waals surface area contributed by atoms with Crippen molar-refractivity contribution in [3.63, 3.8) is 0 Å². The zero-order valence-electron chi connectivity index (χ0n) is 14.0. The Morgan fingerprint density at radius 3 is 2.08 bits per heavy atom. The molecule has 0 bridgehead atoms. The first-order valence-corrected chi connectivity index (χ1v) is 8.65. The Morgan fingerprint density at radius 1 is 1.00 bits per heavy atom. The summed E-state index contributed by atoms with van der Waals surface area (Å²) in [6.07, 6.45) is 1.57. The molecule has 2 aromatic carbocycles. The Morgan fingerprint density at radius 2 is 1.58 bits per heavy atom. The third kappa shape index (κ3) is 5.12. The number of anilines is 1. The van der Waals surface area contributed by atoms with E-state index in [0.717, 1.165) is 35.3 Å².